The number of carbonyl (C=O) groups excluding carboxylic acids is 9. The van der Waals surface area contributed by atoms with Crippen LogP contribution in [0.25, 0.3) is 0 Å². The monoisotopic (exact) mass is 1060 g/mol. The number of rotatable bonds is 34. The molecule has 16 N–H and O–H groups in total. The second-order valence-corrected chi connectivity index (χ2v) is 19.7. The smallest absolute Gasteiger partial charge is 0.326 e. The zero-order valence-electron chi connectivity index (χ0n) is 42.8. The van der Waals surface area contributed by atoms with E-state index in [1.54, 1.807) is 34.0 Å². The summed E-state index contributed by atoms with van der Waals surface area (Å²) in [7, 11) is 0. The van der Waals surface area contributed by atoms with Crippen molar-refractivity contribution in [1.29, 1.82) is 0 Å². The fourth-order valence-electron chi connectivity index (χ4n) is 8.02. The number of phenolic OH excluding ortho intramolecular Hbond substituents is 1. The predicted molar refractivity (Wildman–Crippen MR) is 272 cm³/mol. The van der Waals surface area contributed by atoms with Gasteiger partial charge in [-0.3, -0.25) is 47.9 Å². The molecule has 2 rings (SSSR count). The molecular weight excluding hydrogens is 987 g/mol. The van der Waals surface area contributed by atoms with E-state index in [4.69, 9.17) is 17.2 Å². The van der Waals surface area contributed by atoms with Gasteiger partial charge < -0.3 is 74.6 Å². The molecule has 0 aliphatic carbocycles. The molecule has 1 aromatic carbocycles. The molecule has 0 radical (unpaired) electrons. The Labute approximate surface area is 435 Å². The number of benzene rings is 1. The Morgan fingerprint density at radius 1 is 0.716 bits per heavy atom. The molecule has 1 saturated heterocycles. The lowest BCUT2D eigenvalue weighted by Crippen LogP contribution is -2.61. The topological polar surface area (TPSA) is 414 Å². The molecule has 9 amide bonds. The van der Waals surface area contributed by atoms with Crippen LogP contribution >= 0.6 is 11.8 Å². The first kappa shape index (κ1) is 63.6. The number of nitrogens with two attached hydrogens (primary N) is 3. The van der Waals surface area contributed by atoms with E-state index < -0.39 is 145 Å². The van der Waals surface area contributed by atoms with Crippen LogP contribution in [0.4, 0.5) is 0 Å². The lowest BCUT2D eigenvalue weighted by Gasteiger charge is -2.32. The highest BCUT2D eigenvalue weighted by Gasteiger charge is 2.41. The van der Waals surface area contributed by atoms with Crippen molar-refractivity contribution in [3.63, 3.8) is 0 Å². The Hall–Kier alpha value is -6.54. The van der Waals surface area contributed by atoms with Gasteiger partial charge in [-0.15, -0.1) is 0 Å². The Kier molecular flexibility index (Phi) is 28.0. The van der Waals surface area contributed by atoms with Crippen molar-refractivity contribution in [3.8, 4) is 5.75 Å². The van der Waals surface area contributed by atoms with E-state index in [0.717, 1.165) is 0 Å². The van der Waals surface area contributed by atoms with Crippen LogP contribution < -0.4 is 54.4 Å². The summed E-state index contributed by atoms with van der Waals surface area (Å²) in [4.78, 5) is 147. The number of carboxylic acid groups (broad SMARTS) is 2. The maximum absolute atomic E-state index is 14.4. The van der Waals surface area contributed by atoms with Gasteiger partial charge in [0, 0.05) is 19.4 Å². The molecule has 1 aliphatic heterocycles. The van der Waals surface area contributed by atoms with E-state index in [1.165, 1.54) is 40.9 Å². The van der Waals surface area contributed by atoms with Gasteiger partial charge in [0.2, 0.25) is 53.2 Å². The molecule has 26 heteroatoms. The maximum Gasteiger partial charge on any atom is 0.326 e. The number of likely N-dealkylation sites (tertiary alicyclic amines) is 1. The lowest BCUT2D eigenvalue weighted by atomic mass is 9.96. The molecule has 9 atom stereocenters. The molecule has 0 spiro atoms. The third-order valence-electron chi connectivity index (χ3n) is 12.3. The van der Waals surface area contributed by atoms with Crippen LogP contribution in [0.3, 0.4) is 0 Å². The molecule has 0 aromatic heterocycles. The highest BCUT2D eigenvalue weighted by molar-refractivity contribution is 7.98. The standard InChI is InChI=1S/C48H77N11O14S/c1-6-27(4)40(58-42(66)31(16-17-37(51)61)53-44(68)34(24-39(63)64)56-43(67)33(52-38(62)25-50)23-28-12-14-29(60)15-13-28)46(70)55-32(18-21-74-5)47(71)59-20-9-11-36(59)45(69)54-30(10-7-8-19-49)41(65)57-35(48(72)73)22-26(2)3/h12-15,26-27,30-36,40,60H,6-11,16-25,49-50H2,1-5H3,(H2,51,61)(H,52,62)(H,53,68)(H,54,69)(H,55,70)(H,56,67)(H,57,65)(H,58,66)(H,63,64)(H,72,73)/t27-,30-,31-,32-,33-,34-,35-,36-,40-/m0/s1. The van der Waals surface area contributed by atoms with Gasteiger partial charge in [-0.2, -0.15) is 11.8 Å². The summed E-state index contributed by atoms with van der Waals surface area (Å²) in [6.07, 6.45) is 1.97. The lowest BCUT2D eigenvalue weighted by molar-refractivity contribution is -0.144. The normalized spacial score (nSPS) is 16.4. The number of nitrogens with one attached hydrogen (secondary N) is 7. The number of aromatic hydroxyl groups is 1. The second kappa shape index (κ2) is 32.6. The van der Waals surface area contributed by atoms with E-state index in [0.29, 0.717) is 43.5 Å². The van der Waals surface area contributed by atoms with E-state index >= 15 is 0 Å². The third-order valence-corrected chi connectivity index (χ3v) is 12.9. The van der Waals surface area contributed by atoms with E-state index in [9.17, 15) is 68.1 Å². The molecule has 414 valence electrons. The molecule has 1 aromatic rings. The zero-order chi connectivity index (χ0) is 55.7. The first-order valence-electron chi connectivity index (χ1n) is 24.8. The van der Waals surface area contributed by atoms with Crippen molar-refractivity contribution < 1.29 is 68.1 Å². The predicted octanol–water partition coefficient (Wildman–Crippen LogP) is -1.92. The number of hydrogen-bond acceptors (Lipinski definition) is 15. The van der Waals surface area contributed by atoms with Crippen molar-refractivity contribution >= 4 is 76.9 Å². The highest BCUT2D eigenvalue weighted by atomic mass is 32.2. The van der Waals surface area contributed by atoms with Gasteiger partial charge in [0.1, 0.15) is 54.1 Å². The van der Waals surface area contributed by atoms with Crippen LogP contribution in [0, 0.1) is 11.8 Å². The third kappa shape index (κ3) is 21.9. The summed E-state index contributed by atoms with van der Waals surface area (Å²) >= 11 is 1.38. The van der Waals surface area contributed by atoms with Gasteiger partial charge in [-0.05, 0) is 99.5 Å². The summed E-state index contributed by atoms with van der Waals surface area (Å²) in [5.74, 6) is -10.8. The number of hydrogen-bond donors (Lipinski definition) is 13. The number of phenols is 1. The van der Waals surface area contributed by atoms with Crippen LogP contribution in [0.2, 0.25) is 0 Å². The van der Waals surface area contributed by atoms with Crippen molar-refractivity contribution in [2.45, 2.75) is 153 Å². The molecule has 1 heterocycles. The van der Waals surface area contributed by atoms with Gasteiger partial charge in [-0.1, -0.05) is 46.2 Å². The summed E-state index contributed by atoms with van der Waals surface area (Å²) in [5.41, 5.74) is 17.0. The Bertz CT molecular complexity index is 2100. The van der Waals surface area contributed by atoms with Gasteiger partial charge >= 0.3 is 11.9 Å². The minimum Gasteiger partial charge on any atom is -0.508 e. The number of carbonyl (C=O) groups is 11. The second-order valence-electron chi connectivity index (χ2n) is 18.7. The van der Waals surface area contributed by atoms with Crippen LogP contribution in [-0.2, 0) is 59.2 Å². The van der Waals surface area contributed by atoms with Crippen molar-refractivity contribution in [2.75, 3.05) is 31.6 Å². The molecule has 1 fully saturated rings. The minimum atomic E-state index is -1.85. The summed E-state index contributed by atoms with van der Waals surface area (Å²) < 4.78 is 0. The number of thioether (sulfide) groups is 1. The van der Waals surface area contributed by atoms with Gasteiger partial charge in [0.15, 0.2) is 0 Å². The first-order chi connectivity index (χ1) is 35.0. The largest absolute Gasteiger partial charge is 0.508 e. The highest BCUT2D eigenvalue weighted by Crippen LogP contribution is 2.22. The van der Waals surface area contributed by atoms with Crippen LogP contribution in [0.1, 0.15) is 104 Å². The number of carboxylic acids is 2. The number of aliphatic carboxylic acids is 2. The quantitative estimate of drug-likeness (QED) is 0.0335. The van der Waals surface area contributed by atoms with Crippen molar-refractivity contribution in [2.24, 2.45) is 29.0 Å². The Morgan fingerprint density at radius 3 is 1.86 bits per heavy atom. The Balaban J connectivity index is 2.40. The molecule has 74 heavy (non-hydrogen) atoms. The summed E-state index contributed by atoms with van der Waals surface area (Å²) in [5, 5.41) is 46.9. The van der Waals surface area contributed by atoms with Crippen LogP contribution in [-0.4, -0.2) is 165 Å². The van der Waals surface area contributed by atoms with Crippen molar-refractivity contribution in [1.82, 2.24) is 42.1 Å². The number of unbranched alkanes of at least 4 members (excludes halogenated alkanes) is 1. The molecule has 0 saturated carbocycles. The fraction of sp³-hybridized carbons (Fsp3) is 0.646. The minimum absolute atomic E-state index is 0.0632. The number of nitrogens with zero attached hydrogens (tertiary/aromatic N) is 1. The molecule has 0 bridgehead atoms. The van der Waals surface area contributed by atoms with Gasteiger partial charge in [-0.25, -0.2) is 4.79 Å². The number of primary amides is 1. The van der Waals surface area contributed by atoms with Crippen LogP contribution in [0.15, 0.2) is 24.3 Å². The maximum atomic E-state index is 14.4. The molecule has 0 unspecified atom stereocenters. The average Bonchev–Trinajstić information content (AvgIpc) is 3.85. The first-order valence-corrected chi connectivity index (χ1v) is 26.2. The van der Waals surface area contributed by atoms with E-state index in [2.05, 4.69) is 37.2 Å². The SMILES string of the molecule is CC[C@H](C)[C@H](NC(=O)[C@H](CCC(N)=O)NC(=O)[C@H](CC(=O)O)NC(=O)[C@H](Cc1ccc(O)cc1)NC(=O)CN)C(=O)N[C@@H](CCSC)C(=O)N1CCC[C@H]1C(=O)N[C@@H](CCCCN)C(=O)N[C@@H](CC(C)C)C(=O)O. The van der Waals surface area contributed by atoms with Crippen molar-refractivity contribution in [3.05, 3.63) is 29.8 Å². The molecule has 1 aliphatic rings. The van der Waals surface area contributed by atoms with Gasteiger partial charge in [0.25, 0.3) is 0 Å². The summed E-state index contributed by atoms with van der Waals surface area (Å²) in [6, 6.07) is -5.27. The summed E-state index contributed by atoms with van der Waals surface area (Å²) in [6.45, 7) is 6.90. The molecular formula is C48H77N11O14S. The molecule has 25 nitrogen and oxygen atoms in total. The van der Waals surface area contributed by atoms with E-state index in [-0.39, 0.29) is 50.3 Å². The van der Waals surface area contributed by atoms with Crippen LogP contribution in [0.5, 0.6) is 5.75 Å². The van der Waals surface area contributed by atoms with E-state index in [1.807, 2.05) is 0 Å². The zero-order valence-corrected chi connectivity index (χ0v) is 43.6. The van der Waals surface area contributed by atoms with Gasteiger partial charge in [0.05, 0.1) is 13.0 Å². The fourth-order valence-corrected chi connectivity index (χ4v) is 8.49. The number of amides is 9. The Morgan fingerprint density at radius 2 is 1.30 bits per heavy atom. The average molecular weight is 1060 g/mol.